The lowest BCUT2D eigenvalue weighted by atomic mass is 10.3. The van der Waals surface area contributed by atoms with Crippen molar-refractivity contribution in [3.63, 3.8) is 0 Å². The van der Waals surface area contributed by atoms with Gasteiger partial charge in [-0.3, -0.25) is 4.72 Å². The number of rotatable bonds is 4. The largest absolute Gasteiger partial charge is 0.495 e. The number of thiophene rings is 1. The summed E-state index contributed by atoms with van der Waals surface area (Å²) in [6.07, 6.45) is 0. The fourth-order valence-electron chi connectivity index (χ4n) is 1.43. The predicted molar refractivity (Wildman–Crippen MR) is 91.2 cm³/mol. The minimum absolute atomic E-state index is 0.228. The molecule has 0 atom stereocenters. The molecule has 0 unspecified atom stereocenters. The number of hydrogen-bond acceptors (Lipinski definition) is 4. The Labute approximate surface area is 146 Å². The van der Waals surface area contributed by atoms with Crippen molar-refractivity contribution in [3.8, 4) is 5.75 Å². The average Bonchev–Trinajstić information content (AvgIpc) is 2.79. The lowest BCUT2D eigenvalue weighted by Gasteiger charge is -2.12. The second-order valence-electron chi connectivity index (χ2n) is 3.63. The highest BCUT2D eigenvalue weighted by Crippen LogP contribution is 2.36. The number of sulfonamides is 1. The smallest absolute Gasteiger partial charge is 0.272 e. The lowest BCUT2D eigenvalue weighted by Crippen LogP contribution is -2.12. The normalized spacial score (nSPS) is 11.4. The molecule has 20 heavy (non-hydrogen) atoms. The average molecular weight is 506 g/mol. The first kappa shape index (κ1) is 16.3. The molecule has 1 N–H and O–H groups in total. The van der Waals surface area contributed by atoms with Crippen molar-refractivity contribution in [2.45, 2.75) is 4.21 Å². The number of methoxy groups -OCH3 is 1. The quantitative estimate of drug-likeness (QED) is 0.646. The van der Waals surface area contributed by atoms with E-state index in [0.717, 1.165) is 15.8 Å². The summed E-state index contributed by atoms with van der Waals surface area (Å²) in [5, 5.41) is 1.70. The summed E-state index contributed by atoms with van der Waals surface area (Å²) in [6.45, 7) is 0. The van der Waals surface area contributed by atoms with E-state index in [1.807, 2.05) is 0 Å². The van der Waals surface area contributed by atoms with Gasteiger partial charge in [0, 0.05) is 15.0 Å². The number of halogens is 3. The van der Waals surface area contributed by atoms with Crippen molar-refractivity contribution < 1.29 is 13.2 Å². The van der Waals surface area contributed by atoms with Gasteiger partial charge in [-0.15, -0.1) is 11.3 Å². The van der Waals surface area contributed by atoms with Gasteiger partial charge in [0.1, 0.15) is 5.75 Å². The number of benzene rings is 1. The molecule has 0 aliphatic rings. The molecule has 1 heterocycles. The van der Waals surface area contributed by atoms with Crippen LogP contribution in [0, 0.1) is 0 Å². The first-order chi connectivity index (χ1) is 9.35. The molecule has 1 aromatic carbocycles. The van der Waals surface area contributed by atoms with Gasteiger partial charge in [0.05, 0.1) is 17.3 Å². The van der Waals surface area contributed by atoms with E-state index >= 15 is 0 Å². The first-order valence-electron chi connectivity index (χ1n) is 5.14. The summed E-state index contributed by atoms with van der Waals surface area (Å²) in [7, 11) is -2.12. The zero-order chi connectivity index (χ0) is 14.9. The Morgan fingerprint density at radius 3 is 2.40 bits per heavy atom. The Kier molecular flexibility index (Phi) is 5.17. The topological polar surface area (TPSA) is 55.4 Å². The van der Waals surface area contributed by atoms with Crippen LogP contribution in [0.3, 0.4) is 0 Å². The summed E-state index contributed by atoms with van der Waals surface area (Å²) in [5.41, 5.74) is 0.408. The molecule has 0 radical (unpaired) electrons. The Balaban J connectivity index is 2.42. The molecular formula is C11H8Br3NO3S2. The molecule has 0 aliphatic heterocycles. The third-order valence-corrected chi connectivity index (χ3v) is 7.63. The number of anilines is 1. The van der Waals surface area contributed by atoms with Gasteiger partial charge in [-0.05, 0) is 65.3 Å². The minimum atomic E-state index is -3.64. The highest BCUT2D eigenvalue weighted by atomic mass is 79.9. The van der Waals surface area contributed by atoms with E-state index in [9.17, 15) is 8.42 Å². The Bertz CT molecular complexity index is 743. The number of ether oxygens (including phenoxy) is 1. The molecule has 0 bridgehead atoms. The van der Waals surface area contributed by atoms with Crippen molar-refractivity contribution in [2.24, 2.45) is 0 Å². The van der Waals surface area contributed by atoms with Gasteiger partial charge in [0.15, 0.2) is 4.21 Å². The van der Waals surface area contributed by atoms with Crippen LogP contribution >= 0.6 is 59.1 Å². The second kappa shape index (κ2) is 6.35. The van der Waals surface area contributed by atoms with Crippen molar-refractivity contribution in [3.05, 3.63) is 37.0 Å². The van der Waals surface area contributed by atoms with Gasteiger partial charge in [-0.2, -0.15) is 0 Å². The second-order valence-corrected chi connectivity index (χ2v) is 8.98. The third-order valence-electron chi connectivity index (χ3n) is 2.31. The van der Waals surface area contributed by atoms with Crippen LogP contribution in [-0.2, 0) is 10.0 Å². The maximum absolute atomic E-state index is 12.3. The minimum Gasteiger partial charge on any atom is -0.495 e. The van der Waals surface area contributed by atoms with Gasteiger partial charge in [0.2, 0.25) is 0 Å². The predicted octanol–water partition coefficient (Wildman–Crippen LogP) is 4.85. The van der Waals surface area contributed by atoms with E-state index in [0.29, 0.717) is 20.4 Å². The maximum Gasteiger partial charge on any atom is 0.272 e. The molecule has 108 valence electrons. The molecule has 0 spiro atoms. The summed E-state index contributed by atoms with van der Waals surface area (Å²) in [6, 6.07) is 5.02. The van der Waals surface area contributed by atoms with Crippen LogP contribution in [0.2, 0.25) is 0 Å². The maximum atomic E-state index is 12.3. The molecule has 0 saturated heterocycles. The van der Waals surface area contributed by atoms with Gasteiger partial charge >= 0.3 is 0 Å². The number of hydrogen-bond donors (Lipinski definition) is 1. The van der Waals surface area contributed by atoms with Crippen LogP contribution in [-0.4, -0.2) is 15.5 Å². The van der Waals surface area contributed by atoms with E-state index in [2.05, 4.69) is 52.5 Å². The Hall–Kier alpha value is -0.0900. The summed E-state index contributed by atoms with van der Waals surface area (Å²) < 4.78 is 34.4. The van der Waals surface area contributed by atoms with Crippen LogP contribution in [0.15, 0.2) is 41.2 Å². The van der Waals surface area contributed by atoms with Crippen LogP contribution in [0.4, 0.5) is 5.69 Å². The fraction of sp³-hybridized carbons (Fsp3) is 0.0909. The van der Waals surface area contributed by atoms with Gasteiger partial charge in [-0.25, -0.2) is 8.42 Å². The monoisotopic (exact) mass is 503 g/mol. The molecule has 4 nitrogen and oxygen atoms in total. The van der Waals surface area contributed by atoms with E-state index in [-0.39, 0.29) is 4.21 Å². The Morgan fingerprint density at radius 2 is 1.85 bits per heavy atom. The molecular weight excluding hydrogens is 498 g/mol. The van der Waals surface area contributed by atoms with Crippen molar-refractivity contribution in [1.82, 2.24) is 0 Å². The molecule has 0 saturated carbocycles. The molecule has 0 fully saturated rings. The highest BCUT2D eigenvalue weighted by molar-refractivity contribution is 9.11. The summed E-state index contributed by atoms with van der Waals surface area (Å²) >= 11 is 11.0. The van der Waals surface area contributed by atoms with Crippen molar-refractivity contribution in [1.29, 1.82) is 0 Å². The molecule has 2 aromatic rings. The SMILES string of the molecule is COc1cc(NS(=O)(=O)c2sccc2Br)c(Br)cc1Br. The molecule has 1 aromatic heterocycles. The molecule has 2 rings (SSSR count). The van der Waals surface area contributed by atoms with Crippen LogP contribution < -0.4 is 9.46 Å². The molecule has 9 heteroatoms. The highest BCUT2D eigenvalue weighted by Gasteiger charge is 2.21. The van der Waals surface area contributed by atoms with Crippen LogP contribution in [0.5, 0.6) is 5.75 Å². The lowest BCUT2D eigenvalue weighted by molar-refractivity contribution is 0.412. The standard InChI is InChI=1S/C11H8Br3NO3S2/c1-18-10-5-9(7(13)4-8(10)14)15-20(16,17)11-6(12)2-3-19-11/h2-5,15H,1H3. The van der Waals surface area contributed by atoms with E-state index in [1.165, 1.54) is 7.11 Å². The van der Waals surface area contributed by atoms with Gasteiger partial charge in [0.25, 0.3) is 10.0 Å². The zero-order valence-corrected chi connectivity index (χ0v) is 16.4. The van der Waals surface area contributed by atoms with E-state index in [4.69, 9.17) is 4.74 Å². The molecule has 0 aliphatic carbocycles. The Morgan fingerprint density at radius 1 is 1.15 bits per heavy atom. The fourth-order valence-corrected chi connectivity index (χ4v) is 6.22. The third kappa shape index (κ3) is 3.38. The van der Waals surface area contributed by atoms with Crippen LogP contribution in [0.25, 0.3) is 0 Å². The number of nitrogens with one attached hydrogen (secondary N) is 1. The molecule has 0 amide bonds. The van der Waals surface area contributed by atoms with Gasteiger partial charge in [-0.1, -0.05) is 0 Å². The summed E-state index contributed by atoms with van der Waals surface area (Å²) in [4.78, 5) is 0. The van der Waals surface area contributed by atoms with Crippen molar-refractivity contribution >= 4 is 74.8 Å². The van der Waals surface area contributed by atoms with Crippen LogP contribution in [0.1, 0.15) is 0 Å². The van der Waals surface area contributed by atoms with Crippen molar-refractivity contribution in [2.75, 3.05) is 11.8 Å². The summed E-state index contributed by atoms with van der Waals surface area (Å²) in [5.74, 6) is 0.538. The van der Waals surface area contributed by atoms with Gasteiger partial charge < -0.3 is 4.74 Å². The van der Waals surface area contributed by atoms with E-state index in [1.54, 1.807) is 23.6 Å². The first-order valence-corrected chi connectivity index (χ1v) is 9.88. The zero-order valence-electron chi connectivity index (χ0n) is 9.98. The van der Waals surface area contributed by atoms with E-state index < -0.39 is 10.0 Å².